The first kappa shape index (κ1) is 23.4. The second-order valence-corrected chi connectivity index (χ2v) is 8.50. The van der Waals surface area contributed by atoms with Gasteiger partial charge in [0.25, 0.3) is 5.89 Å². The Balaban J connectivity index is 1.57. The number of nitrogens with zero attached hydrogens (tertiary/aromatic N) is 2. The molecule has 0 spiro atoms. The second kappa shape index (κ2) is 10.4. The normalized spacial score (nSPS) is 12.0. The van der Waals surface area contributed by atoms with Crippen LogP contribution in [0.5, 0.6) is 0 Å². The molecule has 34 heavy (non-hydrogen) atoms. The number of rotatable bonds is 9. The van der Waals surface area contributed by atoms with E-state index in [0.717, 1.165) is 27.8 Å². The van der Waals surface area contributed by atoms with Gasteiger partial charge in [-0.25, -0.2) is 0 Å². The first-order valence-corrected chi connectivity index (χ1v) is 11.3. The summed E-state index contributed by atoms with van der Waals surface area (Å²) >= 11 is 0. The number of methoxy groups -OCH3 is 1. The molecule has 0 unspecified atom stereocenters. The average molecular weight is 457 g/mol. The lowest BCUT2D eigenvalue weighted by Crippen LogP contribution is -2.00. The SMILES string of the molecule is COCc1cc(-c2nc(-c3ccc([C@@H](C)CCC(=O)O)cc3)no2)ccc1-c1ccccc1C. The summed E-state index contributed by atoms with van der Waals surface area (Å²) in [6.45, 7) is 4.60. The van der Waals surface area contributed by atoms with Gasteiger partial charge in [0.15, 0.2) is 0 Å². The van der Waals surface area contributed by atoms with Crippen LogP contribution >= 0.6 is 0 Å². The molecule has 0 aliphatic carbocycles. The summed E-state index contributed by atoms with van der Waals surface area (Å²) in [7, 11) is 1.69. The maximum atomic E-state index is 10.8. The highest BCUT2D eigenvalue weighted by Crippen LogP contribution is 2.32. The molecule has 0 aliphatic heterocycles. The quantitative estimate of drug-likeness (QED) is 0.310. The van der Waals surface area contributed by atoms with E-state index in [-0.39, 0.29) is 12.3 Å². The van der Waals surface area contributed by atoms with E-state index in [2.05, 4.69) is 35.3 Å². The van der Waals surface area contributed by atoms with Crippen molar-refractivity contribution in [3.05, 3.63) is 83.4 Å². The fourth-order valence-electron chi connectivity index (χ4n) is 4.06. The Bertz CT molecular complexity index is 1280. The molecule has 0 saturated heterocycles. The standard InChI is InChI=1S/C28H28N2O4/c1-18(8-15-26(31)32)20-9-11-21(12-10-20)27-29-28(34-30-27)22-13-14-25(23(16-22)17-33-3)24-7-5-4-6-19(24)2/h4-7,9-14,16,18H,8,15,17H2,1-3H3,(H,31,32)/t18-/m0/s1. The first-order chi connectivity index (χ1) is 16.5. The minimum absolute atomic E-state index is 0.158. The van der Waals surface area contributed by atoms with Gasteiger partial charge in [0, 0.05) is 24.7 Å². The van der Waals surface area contributed by atoms with E-state index < -0.39 is 5.97 Å². The van der Waals surface area contributed by atoms with Gasteiger partial charge >= 0.3 is 5.97 Å². The zero-order valence-electron chi connectivity index (χ0n) is 19.6. The highest BCUT2D eigenvalue weighted by molar-refractivity contribution is 5.74. The van der Waals surface area contributed by atoms with Gasteiger partial charge < -0.3 is 14.4 Å². The topological polar surface area (TPSA) is 85.5 Å². The Morgan fingerprint density at radius 1 is 1.03 bits per heavy atom. The van der Waals surface area contributed by atoms with Crippen molar-refractivity contribution in [3.8, 4) is 34.0 Å². The number of aliphatic carboxylic acids is 1. The van der Waals surface area contributed by atoms with Gasteiger partial charge in [0.1, 0.15) is 0 Å². The number of carbonyl (C=O) groups is 1. The molecule has 1 N–H and O–H groups in total. The molecule has 6 heteroatoms. The van der Waals surface area contributed by atoms with Crippen LogP contribution in [0.4, 0.5) is 0 Å². The lowest BCUT2D eigenvalue weighted by molar-refractivity contribution is -0.137. The van der Waals surface area contributed by atoms with Crippen LogP contribution in [0, 0.1) is 6.92 Å². The third kappa shape index (κ3) is 5.24. The van der Waals surface area contributed by atoms with Crippen molar-refractivity contribution in [2.75, 3.05) is 7.11 Å². The molecule has 0 aliphatic rings. The Labute approximate surface area is 199 Å². The lowest BCUT2D eigenvalue weighted by Gasteiger charge is -2.12. The molecule has 1 heterocycles. The van der Waals surface area contributed by atoms with E-state index >= 15 is 0 Å². The van der Waals surface area contributed by atoms with Crippen LogP contribution in [0.3, 0.4) is 0 Å². The number of carboxylic acids is 1. The van der Waals surface area contributed by atoms with Crippen molar-refractivity contribution in [3.63, 3.8) is 0 Å². The molecule has 1 aromatic heterocycles. The van der Waals surface area contributed by atoms with Crippen LogP contribution in [-0.2, 0) is 16.1 Å². The molecule has 0 amide bonds. The molecule has 6 nitrogen and oxygen atoms in total. The summed E-state index contributed by atoms with van der Waals surface area (Å²) in [6, 6.07) is 22.3. The van der Waals surface area contributed by atoms with Crippen LogP contribution in [0.2, 0.25) is 0 Å². The van der Waals surface area contributed by atoms with E-state index in [1.165, 1.54) is 11.1 Å². The van der Waals surface area contributed by atoms with Gasteiger partial charge in [-0.15, -0.1) is 0 Å². The number of hydrogen-bond acceptors (Lipinski definition) is 5. The third-order valence-electron chi connectivity index (χ3n) is 6.04. The number of aryl methyl sites for hydroxylation is 1. The molecule has 4 aromatic rings. The van der Waals surface area contributed by atoms with Gasteiger partial charge in [-0.2, -0.15) is 4.98 Å². The van der Waals surface area contributed by atoms with Gasteiger partial charge in [-0.05, 0) is 59.2 Å². The van der Waals surface area contributed by atoms with Crippen molar-refractivity contribution >= 4 is 5.97 Å². The number of ether oxygens (including phenoxy) is 1. The van der Waals surface area contributed by atoms with Gasteiger partial charge in [0.05, 0.1) is 6.61 Å². The first-order valence-electron chi connectivity index (χ1n) is 11.3. The summed E-state index contributed by atoms with van der Waals surface area (Å²) in [4.78, 5) is 15.4. The molecule has 4 rings (SSSR count). The molecular formula is C28H28N2O4. The largest absolute Gasteiger partial charge is 0.481 e. The summed E-state index contributed by atoms with van der Waals surface area (Å²) in [5.74, 6) is 0.346. The number of hydrogen-bond donors (Lipinski definition) is 1. The Morgan fingerprint density at radius 3 is 2.47 bits per heavy atom. The van der Waals surface area contributed by atoms with Crippen LogP contribution in [0.25, 0.3) is 34.0 Å². The van der Waals surface area contributed by atoms with E-state index in [1.54, 1.807) is 7.11 Å². The Kier molecular flexibility index (Phi) is 7.18. The predicted molar refractivity (Wildman–Crippen MR) is 131 cm³/mol. The average Bonchev–Trinajstić information content (AvgIpc) is 3.34. The van der Waals surface area contributed by atoms with Crippen LogP contribution in [0.15, 0.2) is 71.3 Å². The molecule has 1 atom stereocenters. The Morgan fingerprint density at radius 2 is 1.76 bits per heavy atom. The van der Waals surface area contributed by atoms with Crippen LogP contribution in [-0.4, -0.2) is 28.3 Å². The highest BCUT2D eigenvalue weighted by Gasteiger charge is 2.15. The summed E-state index contributed by atoms with van der Waals surface area (Å²) in [5.41, 5.74) is 7.31. The maximum Gasteiger partial charge on any atom is 0.303 e. The van der Waals surface area contributed by atoms with E-state index in [9.17, 15) is 4.79 Å². The number of carboxylic acid groups (broad SMARTS) is 1. The minimum atomic E-state index is -0.775. The number of benzene rings is 3. The van der Waals surface area contributed by atoms with E-state index in [1.807, 2.05) is 55.5 Å². The molecular weight excluding hydrogens is 428 g/mol. The van der Waals surface area contributed by atoms with Crippen molar-refractivity contribution in [1.82, 2.24) is 10.1 Å². The van der Waals surface area contributed by atoms with Gasteiger partial charge in [-0.3, -0.25) is 4.79 Å². The smallest absolute Gasteiger partial charge is 0.303 e. The predicted octanol–water partition coefficient (Wildman–Crippen LogP) is 6.49. The molecule has 0 radical (unpaired) electrons. The molecule has 174 valence electrons. The van der Waals surface area contributed by atoms with E-state index in [4.69, 9.17) is 14.4 Å². The maximum absolute atomic E-state index is 10.8. The zero-order chi connectivity index (χ0) is 24.1. The van der Waals surface area contributed by atoms with Gasteiger partial charge in [-0.1, -0.05) is 66.7 Å². The Hall–Kier alpha value is -3.77. The van der Waals surface area contributed by atoms with Crippen molar-refractivity contribution in [1.29, 1.82) is 0 Å². The second-order valence-electron chi connectivity index (χ2n) is 8.50. The third-order valence-corrected chi connectivity index (χ3v) is 6.04. The molecule has 3 aromatic carbocycles. The minimum Gasteiger partial charge on any atom is -0.481 e. The number of aromatic nitrogens is 2. The van der Waals surface area contributed by atoms with Gasteiger partial charge in [0.2, 0.25) is 5.82 Å². The molecule has 0 saturated carbocycles. The summed E-state index contributed by atoms with van der Waals surface area (Å²) < 4.78 is 11.0. The van der Waals surface area contributed by atoms with E-state index in [0.29, 0.717) is 24.7 Å². The monoisotopic (exact) mass is 456 g/mol. The summed E-state index contributed by atoms with van der Waals surface area (Å²) in [6.07, 6.45) is 0.758. The fraction of sp³-hybridized carbons (Fsp3) is 0.250. The zero-order valence-corrected chi connectivity index (χ0v) is 19.6. The van der Waals surface area contributed by atoms with Crippen molar-refractivity contribution in [2.24, 2.45) is 0 Å². The summed E-state index contributed by atoms with van der Waals surface area (Å²) in [5, 5.41) is 13.1. The highest BCUT2D eigenvalue weighted by atomic mass is 16.5. The van der Waals surface area contributed by atoms with Crippen molar-refractivity contribution < 1.29 is 19.2 Å². The van der Waals surface area contributed by atoms with Crippen LogP contribution in [0.1, 0.15) is 42.4 Å². The fourth-order valence-corrected chi connectivity index (χ4v) is 4.06. The molecule has 0 fully saturated rings. The van der Waals surface area contributed by atoms with Crippen LogP contribution < -0.4 is 0 Å². The molecule has 0 bridgehead atoms. The lowest BCUT2D eigenvalue weighted by atomic mass is 9.94. The van der Waals surface area contributed by atoms with Crippen molar-refractivity contribution in [2.45, 2.75) is 39.2 Å².